The topological polar surface area (TPSA) is 32.3 Å². The van der Waals surface area contributed by atoms with Gasteiger partial charge in [0.2, 0.25) is 5.91 Å². The third-order valence-corrected chi connectivity index (χ3v) is 3.40. The van der Waals surface area contributed by atoms with Gasteiger partial charge >= 0.3 is 0 Å². The van der Waals surface area contributed by atoms with Gasteiger partial charge in [0.05, 0.1) is 6.04 Å². The summed E-state index contributed by atoms with van der Waals surface area (Å²) in [5.41, 5.74) is 0. The number of carbonyl (C=O) groups is 1. The van der Waals surface area contributed by atoms with Crippen molar-refractivity contribution in [2.45, 2.75) is 52.1 Å². The molecule has 1 amide bonds. The van der Waals surface area contributed by atoms with E-state index in [0.717, 1.165) is 12.5 Å². The van der Waals surface area contributed by atoms with E-state index in [1.165, 1.54) is 19.3 Å². The van der Waals surface area contributed by atoms with Gasteiger partial charge in [-0.2, -0.15) is 0 Å². The zero-order valence-electron chi connectivity index (χ0n) is 10.4. The molecular weight excluding hydrogens is 188 g/mol. The number of likely N-dealkylation sites (N-methyl/N-ethyl adjacent to an activating group) is 1. The molecule has 0 heterocycles. The molecule has 0 aromatic carbocycles. The van der Waals surface area contributed by atoms with Crippen molar-refractivity contribution in [3.05, 3.63) is 0 Å². The van der Waals surface area contributed by atoms with Gasteiger partial charge in [0.25, 0.3) is 0 Å². The van der Waals surface area contributed by atoms with Gasteiger partial charge in [0, 0.05) is 19.6 Å². The van der Waals surface area contributed by atoms with Crippen molar-refractivity contribution < 1.29 is 4.79 Å². The largest absolute Gasteiger partial charge is 0.345 e. The van der Waals surface area contributed by atoms with Gasteiger partial charge in [-0.3, -0.25) is 4.79 Å². The molecule has 3 nitrogen and oxygen atoms in total. The molecule has 3 atom stereocenters. The van der Waals surface area contributed by atoms with Crippen molar-refractivity contribution >= 4 is 5.91 Å². The van der Waals surface area contributed by atoms with Crippen LogP contribution in [0.1, 0.15) is 40.0 Å². The highest BCUT2D eigenvalue weighted by Gasteiger charge is 2.25. The zero-order valence-corrected chi connectivity index (χ0v) is 10.4. The fourth-order valence-electron chi connectivity index (χ4n) is 2.27. The first-order valence-corrected chi connectivity index (χ1v) is 6.05. The van der Waals surface area contributed by atoms with E-state index in [1.807, 2.05) is 20.9 Å². The van der Waals surface area contributed by atoms with Crippen LogP contribution in [0.2, 0.25) is 0 Å². The Morgan fingerprint density at radius 2 is 2.20 bits per heavy atom. The minimum absolute atomic E-state index is 0.0368. The average Bonchev–Trinajstić information content (AvgIpc) is 2.61. The van der Waals surface area contributed by atoms with Crippen molar-refractivity contribution in [1.82, 2.24) is 10.2 Å². The summed E-state index contributed by atoms with van der Waals surface area (Å²) < 4.78 is 0. The molecule has 0 aromatic heterocycles. The monoisotopic (exact) mass is 212 g/mol. The first-order chi connectivity index (χ1) is 7.04. The standard InChI is InChI=1S/C12H24N2O/c1-5-14(4)12(15)10(3)13-11-7-6-9(2)8-11/h9-11,13H,5-8H2,1-4H3. The lowest BCUT2D eigenvalue weighted by Crippen LogP contribution is -2.46. The van der Waals surface area contributed by atoms with E-state index < -0.39 is 0 Å². The molecule has 1 rings (SSSR count). The Balaban J connectivity index is 2.35. The van der Waals surface area contributed by atoms with E-state index in [-0.39, 0.29) is 11.9 Å². The van der Waals surface area contributed by atoms with Crippen LogP contribution in [-0.4, -0.2) is 36.5 Å². The highest BCUT2D eigenvalue weighted by Crippen LogP contribution is 2.24. The van der Waals surface area contributed by atoms with Gasteiger partial charge in [0.1, 0.15) is 0 Å². The van der Waals surface area contributed by atoms with Crippen LogP contribution in [0.15, 0.2) is 0 Å². The van der Waals surface area contributed by atoms with Crippen LogP contribution in [0.3, 0.4) is 0 Å². The Labute approximate surface area is 93.2 Å². The second-order valence-corrected chi connectivity index (χ2v) is 4.86. The van der Waals surface area contributed by atoms with E-state index >= 15 is 0 Å². The lowest BCUT2D eigenvalue weighted by Gasteiger charge is -2.23. The van der Waals surface area contributed by atoms with Crippen molar-refractivity contribution in [2.24, 2.45) is 5.92 Å². The normalized spacial score (nSPS) is 27.7. The number of nitrogens with one attached hydrogen (secondary N) is 1. The van der Waals surface area contributed by atoms with Crippen LogP contribution in [0, 0.1) is 5.92 Å². The molecule has 1 fully saturated rings. The smallest absolute Gasteiger partial charge is 0.239 e. The van der Waals surface area contributed by atoms with Gasteiger partial charge in [-0.15, -0.1) is 0 Å². The molecule has 0 saturated heterocycles. The third kappa shape index (κ3) is 3.49. The molecule has 0 aromatic rings. The Morgan fingerprint density at radius 1 is 1.53 bits per heavy atom. The summed E-state index contributed by atoms with van der Waals surface area (Å²) in [7, 11) is 1.86. The van der Waals surface area contributed by atoms with Crippen LogP contribution in [-0.2, 0) is 4.79 Å². The summed E-state index contributed by atoms with van der Waals surface area (Å²) in [5, 5.41) is 3.43. The Kier molecular flexibility index (Phi) is 4.58. The van der Waals surface area contributed by atoms with Gasteiger partial charge in [-0.25, -0.2) is 0 Å². The van der Waals surface area contributed by atoms with Crippen molar-refractivity contribution in [2.75, 3.05) is 13.6 Å². The molecule has 1 aliphatic rings. The molecule has 1 aliphatic carbocycles. The minimum Gasteiger partial charge on any atom is -0.345 e. The number of hydrogen-bond acceptors (Lipinski definition) is 2. The molecule has 0 radical (unpaired) electrons. The van der Waals surface area contributed by atoms with Crippen molar-refractivity contribution in [3.63, 3.8) is 0 Å². The molecule has 3 heteroatoms. The van der Waals surface area contributed by atoms with Crippen LogP contribution >= 0.6 is 0 Å². The van der Waals surface area contributed by atoms with Crippen LogP contribution in [0.5, 0.6) is 0 Å². The van der Waals surface area contributed by atoms with Gasteiger partial charge in [0.15, 0.2) is 0 Å². The highest BCUT2D eigenvalue weighted by atomic mass is 16.2. The van der Waals surface area contributed by atoms with E-state index in [9.17, 15) is 4.79 Å². The van der Waals surface area contributed by atoms with Crippen LogP contribution in [0.25, 0.3) is 0 Å². The molecule has 88 valence electrons. The number of hydrogen-bond donors (Lipinski definition) is 1. The molecule has 1 saturated carbocycles. The lowest BCUT2D eigenvalue weighted by molar-refractivity contribution is -0.131. The summed E-state index contributed by atoms with van der Waals surface area (Å²) in [6.45, 7) is 7.04. The molecule has 0 spiro atoms. The first-order valence-electron chi connectivity index (χ1n) is 6.05. The zero-order chi connectivity index (χ0) is 11.4. The molecule has 0 aliphatic heterocycles. The van der Waals surface area contributed by atoms with Gasteiger partial charge < -0.3 is 10.2 Å². The first kappa shape index (κ1) is 12.5. The fraction of sp³-hybridized carbons (Fsp3) is 0.917. The van der Waals surface area contributed by atoms with E-state index in [4.69, 9.17) is 0 Å². The number of nitrogens with zero attached hydrogens (tertiary/aromatic N) is 1. The van der Waals surface area contributed by atoms with Crippen molar-refractivity contribution in [1.29, 1.82) is 0 Å². The minimum atomic E-state index is -0.0368. The maximum Gasteiger partial charge on any atom is 0.239 e. The van der Waals surface area contributed by atoms with Crippen molar-refractivity contribution in [3.8, 4) is 0 Å². The SMILES string of the molecule is CCN(C)C(=O)C(C)NC1CCC(C)C1. The fourth-order valence-corrected chi connectivity index (χ4v) is 2.27. The van der Waals surface area contributed by atoms with Gasteiger partial charge in [-0.1, -0.05) is 6.92 Å². The van der Waals surface area contributed by atoms with E-state index in [0.29, 0.717) is 6.04 Å². The lowest BCUT2D eigenvalue weighted by atomic mass is 10.1. The molecule has 15 heavy (non-hydrogen) atoms. The summed E-state index contributed by atoms with van der Waals surface area (Å²) in [6.07, 6.45) is 3.73. The Bertz CT molecular complexity index is 218. The maximum absolute atomic E-state index is 11.8. The van der Waals surface area contributed by atoms with Gasteiger partial charge in [-0.05, 0) is 39.0 Å². The molecule has 1 N–H and O–H groups in total. The third-order valence-electron chi connectivity index (χ3n) is 3.40. The Hall–Kier alpha value is -0.570. The predicted octanol–water partition coefficient (Wildman–Crippen LogP) is 1.63. The summed E-state index contributed by atoms with van der Waals surface area (Å²) in [5.74, 6) is 1.02. The quantitative estimate of drug-likeness (QED) is 0.768. The van der Waals surface area contributed by atoms with Crippen LogP contribution in [0.4, 0.5) is 0 Å². The molecule has 0 bridgehead atoms. The van der Waals surface area contributed by atoms with E-state index in [2.05, 4.69) is 12.2 Å². The summed E-state index contributed by atoms with van der Waals surface area (Å²) >= 11 is 0. The molecule has 3 unspecified atom stereocenters. The number of carbonyl (C=O) groups excluding carboxylic acids is 1. The Morgan fingerprint density at radius 3 is 2.67 bits per heavy atom. The number of amides is 1. The molecular formula is C12H24N2O. The number of rotatable bonds is 4. The maximum atomic E-state index is 11.8. The average molecular weight is 212 g/mol. The second-order valence-electron chi connectivity index (χ2n) is 4.86. The highest BCUT2D eigenvalue weighted by molar-refractivity contribution is 5.81. The summed E-state index contributed by atoms with van der Waals surface area (Å²) in [6, 6.07) is 0.509. The second kappa shape index (κ2) is 5.50. The van der Waals surface area contributed by atoms with E-state index in [1.54, 1.807) is 4.90 Å². The summed E-state index contributed by atoms with van der Waals surface area (Å²) in [4.78, 5) is 13.6. The predicted molar refractivity (Wildman–Crippen MR) is 62.7 cm³/mol. The van der Waals surface area contributed by atoms with Crippen LogP contribution < -0.4 is 5.32 Å².